The zero-order valence-electron chi connectivity index (χ0n) is 10.3. The van der Waals surface area contributed by atoms with Crippen molar-refractivity contribution in [3.05, 3.63) is 69.5 Å². The van der Waals surface area contributed by atoms with Crippen molar-refractivity contribution in [2.45, 2.75) is 6.54 Å². The van der Waals surface area contributed by atoms with E-state index in [1.807, 2.05) is 6.07 Å². The van der Waals surface area contributed by atoms with Crippen molar-refractivity contribution < 1.29 is 9.31 Å². The van der Waals surface area contributed by atoms with Gasteiger partial charge < -0.3 is 5.32 Å². The molecule has 20 heavy (non-hydrogen) atoms. The third-order valence-corrected chi connectivity index (χ3v) is 2.73. The molecular weight excluding hydrogens is 261 g/mol. The van der Waals surface area contributed by atoms with E-state index in [-0.39, 0.29) is 11.4 Å². The molecule has 0 aromatic heterocycles. The van der Waals surface area contributed by atoms with E-state index in [1.165, 1.54) is 0 Å². The van der Waals surface area contributed by atoms with Crippen molar-refractivity contribution >= 4 is 11.4 Å². The number of nitro groups is 1. The number of nitrogens with one attached hydrogen (secondary N) is 1. The summed E-state index contributed by atoms with van der Waals surface area (Å²) in [6, 6.07) is 12.1. The number of halogens is 1. The molecule has 100 valence electrons. The first-order valence-corrected chi connectivity index (χ1v) is 5.77. The average Bonchev–Trinajstić information content (AvgIpc) is 2.46. The van der Waals surface area contributed by atoms with Crippen LogP contribution in [0.3, 0.4) is 0 Å². The van der Waals surface area contributed by atoms with Gasteiger partial charge in [0, 0.05) is 18.7 Å². The van der Waals surface area contributed by atoms with Crippen LogP contribution in [0.15, 0.2) is 42.5 Å². The van der Waals surface area contributed by atoms with Crippen LogP contribution in [0.4, 0.5) is 15.8 Å². The van der Waals surface area contributed by atoms with Gasteiger partial charge in [0.15, 0.2) is 0 Å². The zero-order valence-corrected chi connectivity index (χ0v) is 10.3. The third-order valence-electron chi connectivity index (χ3n) is 2.73. The summed E-state index contributed by atoms with van der Waals surface area (Å²) in [5, 5.41) is 22.1. The lowest BCUT2D eigenvalue weighted by molar-refractivity contribution is -0.384. The van der Waals surface area contributed by atoms with E-state index in [0.29, 0.717) is 12.1 Å². The fourth-order valence-corrected chi connectivity index (χ4v) is 1.66. The highest BCUT2D eigenvalue weighted by Crippen LogP contribution is 2.21. The van der Waals surface area contributed by atoms with Crippen LogP contribution in [0.2, 0.25) is 0 Å². The van der Waals surface area contributed by atoms with Gasteiger partial charge in [0.2, 0.25) is 0 Å². The quantitative estimate of drug-likeness (QED) is 0.684. The van der Waals surface area contributed by atoms with Crippen LogP contribution in [0.5, 0.6) is 0 Å². The maximum Gasteiger partial charge on any atom is 0.271 e. The highest BCUT2D eigenvalue weighted by atomic mass is 19.1. The molecule has 2 aromatic rings. The van der Waals surface area contributed by atoms with Crippen LogP contribution in [0, 0.1) is 27.3 Å². The minimum atomic E-state index is -0.577. The molecule has 0 saturated carbocycles. The van der Waals surface area contributed by atoms with E-state index in [4.69, 9.17) is 5.26 Å². The molecule has 0 aliphatic carbocycles. The van der Waals surface area contributed by atoms with Crippen LogP contribution < -0.4 is 5.32 Å². The molecule has 0 spiro atoms. The van der Waals surface area contributed by atoms with Gasteiger partial charge in [-0.2, -0.15) is 5.26 Å². The second-order valence-electron chi connectivity index (χ2n) is 4.08. The summed E-state index contributed by atoms with van der Waals surface area (Å²) in [5.41, 5.74) is 1.28. The number of non-ortho nitro benzene ring substituents is 1. The fourth-order valence-electron chi connectivity index (χ4n) is 1.66. The van der Waals surface area contributed by atoms with Crippen LogP contribution in [-0.4, -0.2) is 4.92 Å². The lowest BCUT2D eigenvalue weighted by atomic mass is 10.1. The van der Waals surface area contributed by atoms with Crippen molar-refractivity contribution in [2.24, 2.45) is 0 Å². The van der Waals surface area contributed by atoms with Crippen molar-refractivity contribution in [1.82, 2.24) is 0 Å². The van der Waals surface area contributed by atoms with Gasteiger partial charge in [0.25, 0.3) is 5.69 Å². The van der Waals surface area contributed by atoms with E-state index in [0.717, 1.165) is 23.8 Å². The molecule has 2 rings (SSSR count). The lowest BCUT2D eigenvalue weighted by Gasteiger charge is -2.07. The second kappa shape index (κ2) is 5.80. The second-order valence-corrected chi connectivity index (χ2v) is 4.08. The van der Waals surface area contributed by atoms with Gasteiger partial charge in [0.1, 0.15) is 5.82 Å². The molecule has 0 atom stereocenters. The smallest absolute Gasteiger partial charge is 0.271 e. The monoisotopic (exact) mass is 271 g/mol. The Balaban J connectivity index is 2.12. The Bertz CT molecular complexity index is 678. The Morgan fingerprint density at radius 2 is 1.95 bits per heavy atom. The number of anilines is 1. The van der Waals surface area contributed by atoms with Crippen LogP contribution >= 0.6 is 0 Å². The summed E-state index contributed by atoms with van der Waals surface area (Å²) >= 11 is 0. The predicted molar refractivity (Wildman–Crippen MR) is 71.5 cm³/mol. The topological polar surface area (TPSA) is 79.0 Å². The molecule has 0 heterocycles. The summed E-state index contributed by atoms with van der Waals surface area (Å²) in [5.74, 6) is -0.552. The minimum absolute atomic E-state index is 0.0727. The molecule has 0 aliphatic rings. The molecule has 0 bridgehead atoms. The first-order valence-electron chi connectivity index (χ1n) is 5.77. The molecule has 5 nitrogen and oxygen atoms in total. The molecule has 6 heteroatoms. The molecular formula is C14H10FN3O2. The number of nitriles is 1. The predicted octanol–water partition coefficient (Wildman–Crippen LogP) is 3.22. The van der Waals surface area contributed by atoms with E-state index in [2.05, 4.69) is 5.32 Å². The Hall–Kier alpha value is -2.94. The molecule has 0 amide bonds. The number of rotatable bonds is 4. The van der Waals surface area contributed by atoms with Crippen molar-refractivity contribution in [2.75, 3.05) is 5.32 Å². The standard InChI is InChI=1S/C14H10FN3O2/c15-13-6-5-12(18(19)20)7-14(13)17-9-11-3-1-10(8-16)2-4-11/h1-7,17H,9H2. The number of hydrogen-bond acceptors (Lipinski definition) is 4. The van der Waals surface area contributed by atoms with Gasteiger partial charge in [-0.1, -0.05) is 12.1 Å². The molecule has 0 aliphatic heterocycles. The summed E-state index contributed by atoms with van der Waals surface area (Å²) < 4.78 is 13.5. The van der Waals surface area contributed by atoms with Crippen LogP contribution in [0.1, 0.15) is 11.1 Å². The normalized spacial score (nSPS) is 9.80. The van der Waals surface area contributed by atoms with Crippen LogP contribution in [0.25, 0.3) is 0 Å². The van der Waals surface area contributed by atoms with E-state index in [1.54, 1.807) is 24.3 Å². The Labute approximate surface area is 114 Å². The number of nitrogens with zero attached hydrogens (tertiary/aromatic N) is 2. The van der Waals surface area contributed by atoms with Crippen molar-refractivity contribution in [3.8, 4) is 6.07 Å². The van der Waals surface area contributed by atoms with Gasteiger partial charge in [0.05, 0.1) is 22.2 Å². The van der Waals surface area contributed by atoms with E-state index >= 15 is 0 Å². The highest BCUT2D eigenvalue weighted by molar-refractivity contribution is 5.52. The molecule has 2 aromatic carbocycles. The molecule has 0 fully saturated rings. The summed E-state index contributed by atoms with van der Waals surface area (Å²) in [6.45, 7) is 0.309. The molecule has 0 unspecified atom stereocenters. The average molecular weight is 271 g/mol. The van der Waals surface area contributed by atoms with Gasteiger partial charge >= 0.3 is 0 Å². The summed E-state index contributed by atoms with van der Waals surface area (Å²) in [7, 11) is 0. The first-order chi connectivity index (χ1) is 9.60. The molecule has 0 radical (unpaired) electrons. The highest BCUT2D eigenvalue weighted by Gasteiger charge is 2.10. The van der Waals surface area contributed by atoms with Gasteiger partial charge in [-0.15, -0.1) is 0 Å². The maximum atomic E-state index is 13.5. The van der Waals surface area contributed by atoms with Crippen LogP contribution in [-0.2, 0) is 6.54 Å². The SMILES string of the molecule is N#Cc1ccc(CNc2cc([N+](=O)[O-])ccc2F)cc1. The van der Waals surface area contributed by atoms with Gasteiger partial charge in [-0.25, -0.2) is 4.39 Å². The van der Waals surface area contributed by atoms with E-state index < -0.39 is 10.7 Å². The maximum absolute atomic E-state index is 13.5. The van der Waals surface area contributed by atoms with Gasteiger partial charge in [-0.05, 0) is 23.8 Å². The number of hydrogen-bond donors (Lipinski definition) is 1. The summed E-state index contributed by atoms with van der Waals surface area (Å²) in [4.78, 5) is 10.1. The van der Waals surface area contributed by atoms with Crippen molar-refractivity contribution in [1.29, 1.82) is 5.26 Å². The molecule has 1 N–H and O–H groups in total. The first kappa shape index (κ1) is 13.5. The zero-order chi connectivity index (χ0) is 14.5. The largest absolute Gasteiger partial charge is 0.378 e. The molecule has 0 saturated heterocycles. The van der Waals surface area contributed by atoms with E-state index in [9.17, 15) is 14.5 Å². The Kier molecular flexibility index (Phi) is 3.91. The summed E-state index contributed by atoms with van der Waals surface area (Å²) in [6.07, 6.45) is 0. The van der Waals surface area contributed by atoms with Crippen molar-refractivity contribution in [3.63, 3.8) is 0 Å². The Morgan fingerprint density at radius 3 is 2.55 bits per heavy atom. The third kappa shape index (κ3) is 3.09. The Morgan fingerprint density at radius 1 is 1.25 bits per heavy atom. The number of nitro benzene ring substituents is 1. The van der Waals surface area contributed by atoms with Gasteiger partial charge in [-0.3, -0.25) is 10.1 Å². The number of benzene rings is 2. The fraction of sp³-hybridized carbons (Fsp3) is 0.0714. The minimum Gasteiger partial charge on any atom is -0.378 e. The lowest BCUT2D eigenvalue weighted by Crippen LogP contribution is -2.02.